The van der Waals surface area contributed by atoms with Crippen molar-refractivity contribution in [2.45, 2.75) is 13.3 Å². The van der Waals surface area contributed by atoms with Crippen LogP contribution in [-0.4, -0.2) is 38.0 Å². The zero-order chi connectivity index (χ0) is 27.2. The molecule has 1 aliphatic heterocycles. The summed E-state index contributed by atoms with van der Waals surface area (Å²) in [5, 5.41) is 2.53. The number of carbonyl (C=O) groups is 3. The number of hydrogen-bond acceptors (Lipinski definition) is 6. The maximum absolute atomic E-state index is 13.7. The van der Waals surface area contributed by atoms with Crippen LogP contribution in [0.3, 0.4) is 0 Å². The second-order valence-electron chi connectivity index (χ2n) is 8.66. The van der Waals surface area contributed by atoms with E-state index in [1.54, 1.807) is 11.0 Å². The lowest BCUT2D eigenvalue weighted by molar-refractivity contribution is -0.125. The molecule has 0 unspecified atom stereocenters. The van der Waals surface area contributed by atoms with E-state index in [-0.39, 0.29) is 47.0 Å². The van der Waals surface area contributed by atoms with Crippen LogP contribution in [0, 0.1) is 18.7 Å². The number of benzene rings is 3. The first kappa shape index (κ1) is 26.7. The third-order valence-corrected chi connectivity index (χ3v) is 6.18. The Bertz CT molecular complexity index is 1350. The van der Waals surface area contributed by atoms with Gasteiger partial charge >= 0.3 is 0 Å². The highest BCUT2D eigenvalue weighted by molar-refractivity contribution is 6.32. The summed E-state index contributed by atoms with van der Waals surface area (Å²) in [6.45, 7) is 1.78. The lowest BCUT2D eigenvalue weighted by atomic mass is 10.1. The third kappa shape index (κ3) is 6.33. The maximum Gasteiger partial charge on any atom is 0.262 e. The van der Waals surface area contributed by atoms with Gasteiger partial charge in [-0.3, -0.25) is 25.2 Å². The zero-order valence-corrected chi connectivity index (χ0v) is 21.5. The number of aryl methyl sites for hydroxylation is 1. The summed E-state index contributed by atoms with van der Waals surface area (Å²) >= 11 is 6.34. The van der Waals surface area contributed by atoms with Crippen LogP contribution in [0.4, 0.5) is 21.5 Å². The van der Waals surface area contributed by atoms with E-state index in [0.29, 0.717) is 5.69 Å². The Morgan fingerprint density at radius 1 is 1.13 bits per heavy atom. The molecule has 1 aliphatic rings. The molecular formula is C27H26ClFN4O5. The van der Waals surface area contributed by atoms with Crippen molar-refractivity contribution in [1.82, 2.24) is 5.43 Å². The molecule has 3 aromatic carbocycles. The molecule has 0 aromatic heterocycles. The van der Waals surface area contributed by atoms with Gasteiger partial charge in [0.05, 0.1) is 29.4 Å². The average Bonchev–Trinajstić information content (AvgIpc) is 3.29. The molecule has 0 spiro atoms. The number of anilines is 3. The smallest absolute Gasteiger partial charge is 0.262 e. The number of methoxy groups -OCH3 is 1. The molecular weight excluding hydrogens is 515 g/mol. The van der Waals surface area contributed by atoms with Crippen LogP contribution in [0.15, 0.2) is 60.7 Å². The Balaban J connectivity index is 1.34. The van der Waals surface area contributed by atoms with Gasteiger partial charge in [-0.05, 0) is 37.3 Å². The van der Waals surface area contributed by atoms with Crippen LogP contribution >= 0.6 is 11.6 Å². The highest BCUT2D eigenvalue weighted by Gasteiger charge is 2.35. The molecule has 3 N–H and O–H groups in total. The fourth-order valence-electron chi connectivity index (χ4n) is 3.91. The monoisotopic (exact) mass is 540 g/mol. The summed E-state index contributed by atoms with van der Waals surface area (Å²) in [5.74, 6) is -1.87. The van der Waals surface area contributed by atoms with E-state index in [1.165, 1.54) is 37.4 Å². The van der Waals surface area contributed by atoms with Crippen LogP contribution < -0.4 is 30.5 Å². The van der Waals surface area contributed by atoms with Crippen molar-refractivity contribution in [3.63, 3.8) is 0 Å². The van der Waals surface area contributed by atoms with Gasteiger partial charge in [0.1, 0.15) is 5.82 Å². The lowest BCUT2D eigenvalue weighted by Gasteiger charge is -2.18. The largest absolute Gasteiger partial charge is 0.493 e. The minimum absolute atomic E-state index is 0.0281. The highest BCUT2D eigenvalue weighted by Crippen LogP contribution is 2.38. The van der Waals surface area contributed by atoms with Crippen molar-refractivity contribution < 1.29 is 28.2 Å². The number of hydrogen-bond donors (Lipinski definition) is 3. The molecule has 38 heavy (non-hydrogen) atoms. The van der Waals surface area contributed by atoms with E-state index in [4.69, 9.17) is 21.1 Å². The molecule has 3 amide bonds. The molecule has 4 rings (SSSR count). The topological polar surface area (TPSA) is 109 Å². The third-order valence-electron chi connectivity index (χ3n) is 5.90. The molecule has 11 heteroatoms. The van der Waals surface area contributed by atoms with Gasteiger partial charge in [0.15, 0.2) is 18.1 Å². The summed E-state index contributed by atoms with van der Waals surface area (Å²) in [5.41, 5.74) is 7.62. The predicted octanol–water partition coefficient (Wildman–Crippen LogP) is 4.31. The summed E-state index contributed by atoms with van der Waals surface area (Å²) in [4.78, 5) is 39.0. The van der Waals surface area contributed by atoms with Crippen molar-refractivity contribution in [1.29, 1.82) is 0 Å². The van der Waals surface area contributed by atoms with Gasteiger partial charge in [-0.2, -0.15) is 0 Å². The number of rotatable bonds is 9. The molecule has 1 saturated heterocycles. The quantitative estimate of drug-likeness (QED) is 0.349. The molecule has 1 atom stereocenters. The Labute approximate surface area is 223 Å². The van der Waals surface area contributed by atoms with Gasteiger partial charge in [0, 0.05) is 24.7 Å². The molecule has 1 fully saturated rings. The predicted molar refractivity (Wildman–Crippen MR) is 142 cm³/mol. The van der Waals surface area contributed by atoms with E-state index in [0.717, 1.165) is 11.3 Å². The Kier molecular flexibility index (Phi) is 8.32. The second-order valence-corrected chi connectivity index (χ2v) is 9.07. The Morgan fingerprint density at radius 3 is 2.58 bits per heavy atom. The molecule has 0 bridgehead atoms. The van der Waals surface area contributed by atoms with E-state index < -0.39 is 24.2 Å². The summed E-state index contributed by atoms with van der Waals surface area (Å²) < 4.78 is 24.6. The van der Waals surface area contributed by atoms with Crippen LogP contribution in [0.5, 0.6) is 11.5 Å². The van der Waals surface area contributed by atoms with Gasteiger partial charge in [0.2, 0.25) is 11.8 Å². The molecule has 198 valence electrons. The second kappa shape index (κ2) is 11.8. The first-order valence-electron chi connectivity index (χ1n) is 11.7. The number of nitrogens with one attached hydrogen (secondary N) is 3. The number of para-hydroxylation sites is 1. The molecule has 9 nitrogen and oxygen atoms in total. The molecule has 0 radical (unpaired) electrons. The van der Waals surface area contributed by atoms with Gasteiger partial charge in [-0.15, -0.1) is 0 Å². The summed E-state index contributed by atoms with van der Waals surface area (Å²) in [7, 11) is 1.39. The van der Waals surface area contributed by atoms with E-state index >= 15 is 0 Å². The van der Waals surface area contributed by atoms with Crippen molar-refractivity contribution >= 4 is 46.4 Å². The van der Waals surface area contributed by atoms with Gasteiger partial charge < -0.3 is 19.7 Å². The minimum Gasteiger partial charge on any atom is -0.493 e. The number of amides is 3. The van der Waals surface area contributed by atoms with Crippen molar-refractivity contribution in [2.75, 3.05) is 35.9 Å². The number of halogens is 2. The van der Waals surface area contributed by atoms with E-state index in [2.05, 4.69) is 16.2 Å². The normalized spacial score (nSPS) is 14.7. The Morgan fingerprint density at radius 2 is 1.87 bits per heavy atom. The van der Waals surface area contributed by atoms with Crippen molar-refractivity contribution in [2.24, 2.45) is 5.92 Å². The van der Waals surface area contributed by atoms with Crippen LogP contribution in [0.1, 0.15) is 12.0 Å². The summed E-state index contributed by atoms with van der Waals surface area (Å²) in [6, 6.07) is 16.3. The minimum atomic E-state index is -0.589. The molecule has 1 heterocycles. The zero-order valence-electron chi connectivity index (χ0n) is 20.7. The lowest BCUT2D eigenvalue weighted by Crippen LogP contribution is -2.36. The van der Waals surface area contributed by atoms with E-state index in [9.17, 15) is 18.8 Å². The standard InChI is InChI=1S/C27H26ClFN4O5/c1-16-7-9-19(10-8-16)33-14-17(11-25(33)35)27(36)32-31-18-12-20(28)26(23(13-18)37-2)38-15-24(34)30-22-6-4-3-5-21(22)29/h3-10,12-13,17,31H,11,14-15H2,1-2H3,(H,30,34)(H,32,36)/t17-/m1/s1. The van der Waals surface area contributed by atoms with Gasteiger partial charge in [0.25, 0.3) is 5.91 Å². The fourth-order valence-corrected chi connectivity index (χ4v) is 4.18. The highest BCUT2D eigenvalue weighted by atomic mass is 35.5. The number of ether oxygens (including phenoxy) is 2. The van der Waals surface area contributed by atoms with Crippen molar-refractivity contribution in [3.05, 3.63) is 77.1 Å². The number of carbonyl (C=O) groups excluding carboxylic acids is 3. The first-order chi connectivity index (χ1) is 18.2. The van der Waals surface area contributed by atoms with Gasteiger partial charge in [-0.25, -0.2) is 4.39 Å². The van der Waals surface area contributed by atoms with Gasteiger partial charge in [-0.1, -0.05) is 41.4 Å². The first-order valence-corrected chi connectivity index (χ1v) is 12.1. The van der Waals surface area contributed by atoms with Crippen LogP contribution in [0.25, 0.3) is 0 Å². The maximum atomic E-state index is 13.7. The molecule has 3 aromatic rings. The van der Waals surface area contributed by atoms with Crippen LogP contribution in [0.2, 0.25) is 5.02 Å². The molecule has 0 aliphatic carbocycles. The SMILES string of the molecule is COc1cc(NNC(=O)[C@@H]2CC(=O)N(c3ccc(C)cc3)C2)cc(Cl)c1OCC(=O)Nc1ccccc1F. The average molecular weight is 541 g/mol. The number of hydrazine groups is 1. The fraction of sp³-hybridized carbons (Fsp3) is 0.222. The van der Waals surface area contributed by atoms with Crippen LogP contribution in [-0.2, 0) is 14.4 Å². The summed E-state index contributed by atoms with van der Waals surface area (Å²) in [6.07, 6.45) is 0.0905. The van der Waals surface area contributed by atoms with E-state index in [1.807, 2.05) is 31.2 Å². The number of nitrogens with zero attached hydrogens (tertiary/aromatic N) is 1. The van der Waals surface area contributed by atoms with Crippen molar-refractivity contribution in [3.8, 4) is 11.5 Å². The molecule has 0 saturated carbocycles. The Hall–Kier alpha value is -4.31.